The highest BCUT2D eigenvalue weighted by Crippen LogP contribution is 2.41. The number of anilines is 5. The van der Waals surface area contributed by atoms with Gasteiger partial charge in [0.05, 0.1) is 23.6 Å². The van der Waals surface area contributed by atoms with Gasteiger partial charge >= 0.3 is 0 Å². The van der Waals surface area contributed by atoms with Crippen molar-refractivity contribution in [2.24, 2.45) is 0 Å². The molecule has 2 aromatic carbocycles. The van der Waals surface area contributed by atoms with Crippen molar-refractivity contribution in [1.29, 1.82) is 0 Å². The fourth-order valence-electron chi connectivity index (χ4n) is 4.88. The molecule has 1 amide bonds. The zero-order valence-electron chi connectivity index (χ0n) is 21.3. The van der Waals surface area contributed by atoms with Gasteiger partial charge in [-0.2, -0.15) is 4.98 Å². The summed E-state index contributed by atoms with van der Waals surface area (Å²) >= 11 is 6.40. The molecule has 0 saturated carbocycles. The second kappa shape index (κ2) is 9.88. The van der Waals surface area contributed by atoms with Crippen molar-refractivity contribution in [3.05, 3.63) is 53.2 Å². The summed E-state index contributed by atoms with van der Waals surface area (Å²) in [6.45, 7) is 9.78. The third-order valence-corrected chi connectivity index (χ3v) is 8.48. The normalized spacial score (nSPS) is 16.9. The molecule has 194 valence electrons. The number of benzene rings is 2. The van der Waals surface area contributed by atoms with Gasteiger partial charge in [0.2, 0.25) is 11.9 Å². The summed E-state index contributed by atoms with van der Waals surface area (Å²) in [4.78, 5) is 25.0. The monoisotopic (exact) mass is 540 g/mol. The van der Waals surface area contributed by atoms with Crippen LogP contribution in [-0.2, 0) is 9.36 Å². The van der Waals surface area contributed by atoms with Gasteiger partial charge in [0, 0.05) is 43.6 Å². The van der Waals surface area contributed by atoms with E-state index in [4.69, 9.17) is 16.3 Å². The number of aryl methyl sites for hydroxylation is 1. The average Bonchev–Trinajstić information content (AvgIpc) is 2.85. The third-order valence-electron chi connectivity index (χ3n) is 6.65. The maximum atomic E-state index is 12.8. The van der Waals surface area contributed by atoms with E-state index in [1.165, 1.54) is 6.20 Å². The first-order valence-corrected chi connectivity index (χ1v) is 15.1. The van der Waals surface area contributed by atoms with E-state index in [-0.39, 0.29) is 11.9 Å². The third kappa shape index (κ3) is 5.24. The number of nitrogens with zero attached hydrogens (tertiary/aromatic N) is 4. The average molecular weight is 541 g/mol. The number of fused-ring (bicyclic) bond motifs is 3. The Bertz CT molecular complexity index is 1410. The lowest BCUT2D eigenvalue weighted by Crippen LogP contribution is -2.58. The van der Waals surface area contributed by atoms with E-state index < -0.39 is 7.14 Å². The standard InChI is InChI=1S/C26H30ClN6O3P/c1-16-11-18(12-22-24(16)33-10-9-32(17(2)34)14-19(33)15-36-22)29-26-28-13-20(27)25(31-26)30-21-7-5-6-8-23(21)37(3,4)35/h5-8,11-13,19H,9-10,14-15H2,1-4H3,(H2,28,29,30,31)/t19-/m1/s1. The quantitative estimate of drug-likeness (QED) is 0.453. The summed E-state index contributed by atoms with van der Waals surface area (Å²) in [5, 5.41) is 7.56. The molecule has 5 rings (SSSR count). The van der Waals surface area contributed by atoms with Crippen molar-refractivity contribution < 1.29 is 14.1 Å². The van der Waals surface area contributed by atoms with Crippen LogP contribution < -0.4 is 25.6 Å². The number of halogens is 1. The van der Waals surface area contributed by atoms with Crippen LogP contribution in [0.2, 0.25) is 5.02 Å². The molecule has 1 atom stereocenters. The molecular formula is C26H30ClN6O3P. The summed E-state index contributed by atoms with van der Waals surface area (Å²) in [7, 11) is -2.51. The number of carbonyl (C=O) groups is 1. The Kier molecular flexibility index (Phi) is 6.77. The molecule has 37 heavy (non-hydrogen) atoms. The minimum absolute atomic E-state index is 0.0976. The van der Waals surface area contributed by atoms with E-state index in [0.717, 1.165) is 34.5 Å². The highest BCUT2D eigenvalue weighted by Gasteiger charge is 2.35. The van der Waals surface area contributed by atoms with E-state index in [9.17, 15) is 9.36 Å². The lowest BCUT2D eigenvalue weighted by molar-refractivity contribution is -0.129. The van der Waals surface area contributed by atoms with E-state index in [1.807, 2.05) is 48.2 Å². The maximum Gasteiger partial charge on any atom is 0.229 e. The number of aromatic nitrogens is 2. The molecule has 11 heteroatoms. The van der Waals surface area contributed by atoms with Gasteiger partial charge in [-0.25, -0.2) is 4.98 Å². The number of hydrogen-bond donors (Lipinski definition) is 2. The fourth-order valence-corrected chi connectivity index (χ4v) is 6.18. The van der Waals surface area contributed by atoms with Gasteiger partial charge in [0.25, 0.3) is 0 Å². The van der Waals surface area contributed by atoms with Gasteiger partial charge < -0.3 is 29.7 Å². The second-order valence-corrected chi connectivity index (χ2v) is 13.4. The van der Waals surface area contributed by atoms with Crippen molar-refractivity contribution in [1.82, 2.24) is 14.9 Å². The first-order chi connectivity index (χ1) is 17.6. The Morgan fingerprint density at radius 1 is 1.19 bits per heavy atom. The van der Waals surface area contributed by atoms with Crippen molar-refractivity contribution in [3.8, 4) is 5.75 Å². The molecular weight excluding hydrogens is 511 g/mol. The number of ether oxygens (including phenoxy) is 1. The highest BCUT2D eigenvalue weighted by molar-refractivity contribution is 7.70. The molecule has 0 bridgehead atoms. The molecule has 3 aromatic rings. The minimum atomic E-state index is -2.51. The first kappa shape index (κ1) is 25.4. The SMILES string of the molecule is CC(=O)N1CCN2c3c(C)cc(Nc4ncc(Cl)c(Nc5ccccc5P(C)(C)=O)n4)cc3OC[C@H]2C1. The van der Waals surface area contributed by atoms with Crippen molar-refractivity contribution in [2.75, 3.05) is 55.1 Å². The van der Waals surface area contributed by atoms with Gasteiger partial charge in [0.1, 0.15) is 24.5 Å². The molecule has 0 spiro atoms. The number of amides is 1. The van der Waals surface area contributed by atoms with Crippen LogP contribution in [0.1, 0.15) is 12.5 Å². The fraction of sp³-hybridized carbons (Fsp3) is 0.346. The van der Waals surface area contributed by atoms with Crippen LogP contribution >= 0.6 is 18.7 Å². The van der Waals surface area contributed by atoms with Crippen LogP contribution in [0.4, 0.5) is 28.8 Å². The van der Waals surface area contributed by atoms with Crippen molar-refractivity contribution in [3.63, 3.8) is 0 Å². The van der Waals surface area contributed by atoms with E-state index >= 15 is 0 Å². The molecule has 2 N–H and O–H groups in total. The summed E-state index contributed by atoms with van der Waals surface area (Å²) in [6, 6.07) is 11.6. The molecule has 3 heterocycles. The minimum Gasteiger partial charge on any atom is -0.489 e. The van der Waals surface area contributed by atoms with E-state index in [1.54, 1.807) is 20.3 Å². The smallest absolute Gasteiger partial charge is 0.229 e. The Labute approximate surface area is 221 Å². The molecule has 2 aliphatic rings. The number of para-hydroxylation sites is 1. The highest BCUT2D eigenvalue weighted by atomic mass is 35.5. The molecule has 0 unspecified atom stereocenters. The molecule has 1 saturated heterocycles. The van der Waals surface area contributed by atoms with E-state index in [0.29, 0.717) is 42.2 Å². The predicted molar refractivity (Wildman–Crippen MR) is 149 cm³/mol. The van der Waals surface area contributed by atoms with Crippen LogP contribution in [0, 0.1) is 6.92 Å². The number of nitrogens with one attached hydrogen (secondary N) is 2. The zero-order chi connectivity index (χ0) is 26.3. The van der Waals surface area contributed by atoms with Crippen LogP contribution in [-0.4, -0.2) is 66.4 Å². The van der Waals surface area contributed by atoms with Crippen LogP contribution in [0.15, 0.2) is 42.6 Å². The molecule has 1 fully saturated rings. The number of rotatable bonds is 5. The van der Waals surface area contributed by atoms with Crippen molar-refractivity contribution in [2.45, 2.75) is 19.9 Å². The predicted octanol–water partition coefficient (Wildman–Crippen LogP) is 4.60. The largest absolute Gasteiger partial charge is 0.489 e. The molecule has 9 nitrogen and oxygen atoms in total. The maximum absolute atomic E-state index is 12.8. The second-order valence-electron chi connectivity index (χ2n) is 9.77. The van der Waals surface area contributed by atoms with Gasteiger partial charge in [0.15, 0.2) is 5.82 Å². The topological polar surface area (TPSA) is 99.7 Å². The van der Waals surface area contributed by atoms with Gasteiger partial charge in [-0.1, -0.05) is 23.7 Å². The molecule has 1 aromatic heterocycles. The Morgan fingerprint density at radius 2 is 1.97 bits per heavy atom. The van der Waals surface area contributed by atoms with Gasteiger partial charge in [-0.3, -0.25) is 4.79 Å². The van der Waals surface area contributed by atoms with E-state index in [2.05, 4.69) is 25.5 Å². The van der Waals surface area contributed by atoms with Gasteiger partial charge in [-0.15, -0.1) is 0 Å². The first-order valence-electron chi connectivity index (χ1n) is 12.1. The van der Waals surface area contributed by atoms with Crippen molar-refractivity contribution >= 4 is 58.8 Å². The lowest BCUT2D eigenvalue weighted by Gasteiger charge is -2.46. The lowest BCUT2D eigenvalue weighted by atomic mass is 10.0. The van der Waals surface area contributed by atoms with Gasteiger partial charge in [-0.05, 0) is 44.0 Å². The number of carbonyl (C=O) groups excluding carboxylic acids is 1. The Hall–Kier alpha value is -3.29. The molecule has 0 aliphatic carbocycles. The van der Waals surface area contributed by atoms with Crippen LogP contribution in [0.5, 0.6) is 5.75 Å². The summed E-state index contributed by atoms with van der Waals surface area (Å²) < 4.78 is 18.9. The Balaban J connectivity index is 1.38. The number of hydrogen-bond acceptors (Lipinski definition) is 8. The zero-order valence-corrected chi connectivity index (χ0v) is 22.9. The summed E-state index contributed by atoms with van der Waals surface area (Å²) in [5.74, 6) is 1.67. The summed E-state index contributed by atoms with van der Waals surface area (Å²) in [6.07, 6.45) is 1.53. The molecule has 0 radical (unpaired) electrons. The van der Waals surface area contributed by atoms with Crippen LogP contribution in [0.3, 0.4) is 0 Å². The Morgan fingerprint density at radius 3 is 2.73 bits per heavy atom. The van der Waals surface area contributed by atoms with Crippen LogP contribution in [0.25, 0.3) is 0 Å². The summed E-state index contributed by atoms with van der Waals surface area (Å²) in [5.41, 5.74) is 3.60. The molecule has 2 aliphatic heterocycles. The number of piperazine rings is 1.